The molecule has 1 atom stereocenters. The van der Waals surface area contributed by atoms with E-state index in [1.165, 1.54) is 0 Å². The molecule has 0 radical (unpaired) electrons. The Hall–Kier alpha value is -3.56. The van der Waals surface area contributed by atoms with Gasteiger partial charge in [0, 0.05) is 16.8 Å². The largest absolute Gasteiger partial charge is 0.497 e. The third-order valence-electron chi connectivity index (χ3n) is 4.61. The lowest BCUT2D eigenvalue weighted by Gasteiger charge is -2.18. The van der Waals surface area contributed by atoms with Gasteiger partial charge in [-0.1, -0.05) is 30.3 Å². The number of pyridine rings is 1. The number of benzene rings is 2. The fourth-order valence-electron chi connectivity index (χ4n) is 3.05. The fourth-order valence-corrected chi connectivity index (χ4v) is 3.05. The van der Waals surface area contributed by atoms with Crippen molar-refractivity contribution in [3.8, 4) is 28.7 Å². The van der Waals surface area contributed by atoms with E-state index in [1.807, 2.05) is 43.3 Å². The van der Waals surface area contributed by atoms with E-state index < -0.39 is 5.56 Å². The number of rotatable bonds is 8. The predicted octanol–water partition coefficient (Wildman–Crippen LogP) is 4.21. The van der Waals surface area contributed by atoms with Crippen molar-refractivity contribution in [1.82, 2.24) is 4.98 Å². The van der Waals surface area contributed by atoms with Crippen LogP contribution in [-0.2, 0) is 11.3 Å². The molecule has 3 rings (SSSR count). The summed E-state index contributed by atoms with van der Waals surface area (Å²) in [6.45, 7) is 4.51. The zero-order valence-electron chi connectivity index (χ0n) is 17.3. The predicted molar refractivity (Wildman–Crippen MR) is 115 cm³/mol. The number of aromatic nitrogens is 1. The molecule has 1 heterocycles. The van der Waals surface area contributed by atoms with Crippen LogP contribution in [0.2, 0.25) is 0 Å². The average Bonchev–Trinajstić information content (AvgIpc) is 2.76. The van der Waals surface area contributed by atoms with Crippen LogP contribution in [0, 0.1) is 18.3 Å². The number of nitrogens with zero attached hydrogens (tertiary/aromatic N) is 1. The maximum absolute atomic E-state index is 12.2. The van der Waals surface area contributed by atoms with Gasteiger partial charge in [0.25, 0.3) is 5.56 Å². The molecular weight excluding hydrogens is 380 g/mol. The van der Waals surface area contributed by atoms with Gasteiger partial charge >= 0.3 is 0 Å². The van der Waals surface area contributed by atoms with Crippen molar-refractivity contribution in [3.63, 3.8) is 0 Å². The van der Waals surface area contributed by atoms with Crippen molar-refractivity contribution >= 4 is 0 Å². The highest BCUT2D eigenvalue weighted by atomic mass is 16.5. The zero-order chi connectivity index (χ0) is 21.5. The smallest absolute Gasteiger partial charge is 0.266 e. The molecule has 2 aromatic carbocycles. The highest BCUT2D eigenvalue weighted by Crippen LogP contribution is 2.35. The second kappa shape index (κ2) is 9.77. The minimum atomic E-state index is -0.430. The maximum atomic E-state index is 12.2. The van der Waals surface area contributed by atoms with Crippen LogP contribution in [0.3, 0.4) is 0 Å². The van der Waals surface area contributed by atoms with Gasteiger partial charge in [0.1, 0.15) is 29.7 Å². The van der Waals surface area contributed by atoms with Crippen LogP contribution < -0.4 is 15.0 Å². The minimum absolute atomic E-state index is 0.0343. The van der Waals surface area contributed by atoms with E-state index in [0.29, 0.717) is 41.5 Å². The monoisotopic (exact) mass is 404 g/mol. The Balaban J connectivity index is 1.83. The number of aryl methyl sites for hydroxylation is 1. The molecule has 0 saturated heterocycles. The SMILES string of the molecule is COc1ccc(OCC(C)OCc2ccccc2)c(-c2cc(C)[nH]c(=O)c2C#N)c1. The summed E-state index contributed by atoms with van der Waals surface area (Å²) in [5.74, 6) is 1.15. The highest BCUT2D eigenvalue weighted by molar-refractivity contribution is 5.76. The van der Waals surface area contributed by atoms with Gasteiger partial charge in [-0.05, 0) is 43.7 Å². The second-order valence-electron chi connectivity index (χ2n) is 6.96. The zero-order valence-corrected chi connectivity index (χ0v) is 17.3. The van der Waals surface area contributed by atoms with Gasteiger partial charge in [-0.25, -0.2) is 0 Å². The summed E-state index contributed by atoms with van der Waals surface area (Å²) in [4.78, 5) is 14.9. The minimum Gasteiger partial charge on any atom is -0.497 e. The highest BCUT2D eigenvalue weighted by Gasteiger charge is 2.16. The number of nitriles is 1. The number of methoxy groups -OCH3 is 1. The van der Waals surface area contributed by atoms with Crippen molar-refractivity contribution in [1.29, 1.82) is 5.26 Å². The van der Waals surface area contributed by atoms with Crippen LogP contribution >= 0.6 is 0 Å². The molecule has 3 aromatic rings. The maximum Gasteiger partial charge on any atom is 0.266 e. The van der Waals surface area contributed by atoms with Crippen LogP contribution in [0.1, 0.15) is 23.7 Å². The van der Waals surface area contributed by atoms with Gasteiger partial charge in [-0.2, -0.15) is 5.26 Å². The van der Waals surface area contributed by atoms with E-state index >= 15 is 0 Å². The molecule has 0 fully saturated rings. The molecule has 1 N–H and O–H groups in total. The second-order valence-corrected chi connectivity index (χ2v) is 6.96. The van der Waals surface area contributed by atoms with Gasteiger partial charge in [0.05, 0.1) is 19.8 Å². The number of aromatic amines is 1. The molecule has 154 valence electrons. The summed E-state index contributed by atoms with van der Waals surface area (Å²) in [7, 11) is 1.56. The van der Waals surface area contributed by atoms with Crippen molar-refractivity contribution in [2.45, 2.75) is 26.6 Å². The first kappa shape index (κ1) is 21.2. The topological polar surface area (TPSA) is 84.3 Å². The van der Waals surface area contributed by atoms with E-state index in [9.17, 15) is 10.1 Å². The van der Waals surface area contributed by atoms with Crippen molar-refractivity contribution in [2.24, 2.45) is 0 Å². The van der Waals surface area contributed by atoms with Crippen LogP contribution in [0.4, 0.5) is 0 Å². The number of nitrogens with one attached hydrogen (secondary N) is 1. The fraction of sp³-hybridized carbons (Fsp3) is 0.250. The lowest BCUT2D eigenvalue weighted by Crippen LogP contribution is -2.18. The molecule has 30 heavy (non-hydrogen) atoms. The van der Waals surface area contributed by atoms with Crippen molar-refractivity contribution < 1.29 is 14.2 Å². The molecule has 0 aliphatic carbocycles. The van der Waals surface area contributed by atoms with E-state index in [4.69, 9.17) is 14.2 Å². The summed E-state index contributed by atoms with van der Waals surface area (Å²) < 4.78 is 17.2. The summed E-state index contributed by atoms with van der Waals surface area (Å²) in [5, 5.41) is 9.50. The molecule has 1 aromatic heterocycles. The Morgan fingerprint density at radius 1 is 1.10 bits per heavy atom. The Morgan fingerprint density at radius 3 is 2.57 bits per heavy atom. The number of H-pyrrole nitrogens is 1. The van der Waals surface area contributed by atoms with E-state index in [0.717, 1.165) is 5.56 Å². The molecule has 0 aliphatic heterocycles. The Morgan fingerprint density at radius 2 is 1.87 bits per heavy atom. The molecule has 0 amide bonds. The average molecular weight is 404 g/mol. The molecule has 6 heteroatoms. The van der Waals surface area contributed by atoms with Gasteiger partial charge in [0.2, 0.25) is 0 Å². The Bertz CT molecular complexity index is 1100. The van der Waals surface area contributed by atoms with Gasteiger partial charge in [0.15, 0.2) is 0 Å². The first-order chi connectivity index (χ1) is 14.5. The van der Waals surface area contributed by atoms with Crippen LogP contribution in [0.15, 0.2) is 59.4 Å². The molecule has 0 aliphatic rings. The first-order valence-electron chi connectivity index (χ1n) is 9.62. The summed E-state index contributed by atoms with van der Waals surface area (Å²) in [5.41, 5.74) is 2.48. The molecule has 6 nitrogen and oxygen atoms in total. The quantitative estimate of drug-likeness (QED) is 0.608. The first-order valence-corrected chi connectivity index (χ1v) is 9.62. The number of hydrogen-bond donors (Lipinski definition) is 1. The standard InChI is InChI=1S/C24H24N2O4/c1-16-11-20(22(13-25)24(27)26-16)21-12-19(28-3)9-10-23(21)30-14-17(2)29-15-18-7-5-4-6-8-18/h4-12,17H,14-15H2,1-3H3,(H,26,27). The lowest BCUT2D eigenvalue weighted by molar-refractivity contribution is 0.0215. The van der Waals surface area contributed by atoms with Crippen LogP contribution in [0.5, 0.6) is 11.5 Å². The van der Waals surface area contributed by atoms with E-state index in [1.54, 1.807) is 38.3 Å². The third kappa shape index (κ3) is 5.07. The lowest BCUT2D eigenvalue weighted by atomic mass is 9.99. The molecule has 1 unspecified atom stereocenters. The molecule has 0 bridgehead atoms. The summed E-state index contributed by atoms with van der Waals surface area (Å²) in [6, 6.07) is 19.0. The Kier molecular flexibility index (Phi) is 6.89. The van der Waals surface area contributed by atoms with Crippen LogP contribution in [-0.4, -0.2) is 24.8 Å². The van der Waals surface area contributed by atoms with Gasteiger partial charge < -0.3 is 19.2 Å². The van der Waals surface area contributed by atoms with Crippen molar-refractivity contribution in [2.75, 3.05) is 13.7 Å². The van der Waals surface area contributed by atoms with E-state index in [-0.39, 0.29) is 11.7 Å². The molecule has 0 saturated carbocycles. The van der Waals surface area contributed by atoms with Gasteiger partial charge in [-0.15, -0.1) is 0 Å². The molecule has 0 spiro atoms. The van der Waals surface area contributed by atoms with Crippen molar-refractivity contribution in [3.05, 3.63) is 81.8 Å². The summed E-state index contributed by atoms with van der Waals surface area (Å²) >= 11 is 0. The number of ether oxygens (including phenoxy) is 3. The Labute approximate surface area is 175 Å². The van der Waals surface area contributed by atoms with Gasteiger partial charge in [-0.3, -0.25) is 4.79 Å². The molecular formula is C24H24N2O4. The summed E-state index contributed by atoms with van der Waals surface area (Å²) in [6.07, 6.45) is -0.156. The number of hydrogen-bond acceptors (Lipinski definition) is 5. The van der Waals surface area contributed by atoms with Crippen LogP contribution in [0.25, 0.3) is 11.1 Å². The third-order valence-corrected chi connectivity index (χ3v) is 4.61. The van der Waals surface area contributed by atoms with E-state index in [2.05, 4.69) is 4.98 Å². The normalized spacial score (nSPS) is 11.5.